The highest BCUT2D eigenvalue weighted by molar-refractivity contribution is 6.04. The van der Waals surface area contributed by atoms with Crippen LogP contribution in [0.4, 0.5) is 20.2 Å². The number of hydrogen-bond acceptors (Lipinski definition) is 6. The second-order valence-electron chi connectivity index (χ2n) is 9.31. The van der Waals surface area contributed by atoms with Gasteiger partial charge in [0.05, 0.1) is 30.6 Å². The first-order valence-electron chi connectivity index (χ1n) is 11.9. The van der Waals surface area contributed by atoms with Gasteiger partial charge in [-0.3, -0.25) is 14.8 Å². The highest BCUT2D eigenvalue weighted by Crippen LogP contribution is 2.41. The molecule has 0 unspecified atom stereocenters. The lowest BCUT2D eigenvalue weighted by atomic mass is 9.93. The summed E-state index contributed by atoms with van der Waals surface area (Å²) in [6.45, 7) is 4.86. The predicted octanol–water partition coefficient (Wildman–Crippen LogP) is 5.11. The number of carbonyl (C=O) groups excluding carboxylic acids is 1. The first kappa shape index (κ1) is 24.3. The van der Waals surface area contributed by atoms with Gasteiger partial charge >= 0.3 is 0 Å². The zero-order valence-electron chi connectivity index (χ0n) is 20.4. The summed E-state index contributed by atoms with van der Waals surface area (Å²) in [5.41, 5.74) is 5.03. The molecule has 9 heteroatoms. The van der Waals surface area contributed by atoms with Crippen LogP contribution in [0.25, 0.3) is 11.1 Å². The van der Waals surface area contributed by atoms with Gasteiger partial charge in [0, 0.05) is 56.2 Å². The van der Waals surface area contributed by atoms with E-state index in [1.54, 1.807) is 13.2 Å². The molecule has 5 rings (SSSR count). The molecule has 188 valence electrons. The number of ether oxygens (including phenoxy) is 2. The minimum atomic E-state index is -3.13. The number of morpholine rings is 1. The number of carbonyl (C=O) groups is 1. The molecule has 2 atom stereocenters. The van der Waals surface area contributed by atoms with Gasteiger partial charge in [-0.15, -0.1) is 0 Å². The van der Waals surface area contributed by atoms with Gasteiger partial charge in [-0.1, -0.05) is 6.07 Å². The van der Waals surface area contributed by atoms with Crippen molar-refractivity contribution < 1.29 is 23.0 Å². The molecule has 3 aromatic rings. The third kappa shape index (κ3) is 4.68. The smallest absolute Gasteiger partial charge is 0.286 e. The van der Waals surface area contributed by atoms with Crippen LogP contribution < -0.4 is 10.2 Å². The number of alkyl halides is 2. The average molecular weight is 495 g/mol. The van der Waals surface area contributed by atoms with Crippen molar-refractivity contribution in [3.63, 3.8) is 0 Å². The van der Waals surface area contributed by atoms with Gasteiger partial charge in [0.2, 0.25) is 0 Å². The Morgan fingerprint density at radius 1 is 1.22 bits per heavy atom. The Morgan fingerprint density at radius 2 is 2.06 bits per heavy atom. The van der Waals surface area contributed by atoms with Crippen LogP contribution in [0.5, 0.6) is 0 Å². The third-order valence-electron chi connectivity index (χ3n) is 6.79. The van der Waals surface area contributed by atoms with E-state index in [4.69, 9.17) is 14.5 Å². The van der Waals surface area contributed by atoms with E-state index in [2.05, 4.69) is 21.3 Å². The fourth-order valence-corrected chi connectivity index (χ4v) is 4.85. The fraction of sp³-hybridized carbons (Fsp3) is 0.370. The summed E-state index contributed by atoms with van der Waals surface area (Å²) >= 11 is 0. The third-order valence-corrected chi connectivity index (χ3v) is 6.79. The Hall–Kier alpha value is -3.43. The second-order valence-corrected chi connectivity index (χ2v) is 9.31. The summed E-state index contributed by atoms with van der Waals surface area (Å²) in [5.74, 6) is -3.62. The maximum absolute atomic E-state index is 13.7. The number of halogens is 2. The van der Waals surface area contributed by atoms with E-state index < -0.39 is 17.5 Å². The Balaban J connectivity index is 1.45. The Bertz CT molecular complexity index is 1290. The molecule has 0 aliphatic carbocycles. The number of aryl methyl sites for hydroxylation is 1. The molecular formula is C27H28F2N4O3. The van der Waals surface area contributed by atoms with Crippen LogP contribution in [0.2, 0.25) is 0 Å². The summed E-state index contributed by atoms with van der Waals surface area (Å²) in [6, 6.07) is 10.5. The van der Waals surface area contributed by atoms with Crippen molar-refractivity contribution in [3.8, 4) is 11.1 Å². The minimum Gasteiger partial charge on any atom is -0.377 e. The maximum Gasteiger partial charge on any atom is 0.286 e. The van der Waals surface area contributed by atoms with Crippen molar-refractivity contribution in [1.82, 2.24) is 9.97 Å². The molecule has 36 heavy (non-hydrogen) atoms. The van der Waals surface area contributed by atoms with Gasteiger partial charge in [0.25, 0.3) is 11.8 Å². The molecule has 1 amide bonds. The zero-order chi connectivity index (χ0) is 25.4. The predicted molar refractivity (Wildman–Crippen MR) is 132 cm³/mol. The van der Waals surface area contributed by atoms with Gasteiger partial charge in [0.1, 0.15) is 11.8 Å². The van der Waals surface area contributed by atoms with Gasteiger partial charge in [-0.25, -0.2) is 0 Å². The van der Waals surface area contributed by atoms with Gasteiger partial charge in [0.15, 0.2) is 0 Å². The highest BCUT2D eigenvalue weighted by Gasteiger charge is 2.36. The first-order valence-corrected chi connectivity index (χ1v) is 11.9. The number of amides is 1. The van der Waals surface area contributed by atoms with Crippen molar-refractivity contribution in [3.05, 3.63) is 71.3 Å². The standard InChI is InChI=1S/C27H28F2N4O3/c1-16-4-5-19(32-26(34)17-6-7-30-24(11-17)27(2,28)29)12-21(16)18-10-22-25(31-14-18)23(35-3)13-20-15-36-9-8-33(20)22/h4-7,10-12,14,20,23H,8-9,13,15H2,1-3H3,(H,32,34)/t20-,23-/m1/s1. The van der Waals surface area contributed by atoms with Gasteiger partial charge < -0.3 is 19.7 Å². The highest BCUT2D eigenvalue weighted by atomic mass is 19.3. The molecule has 2 aliphatic heterocycles. The van der Waals surface area contributed by atoms with Gasteiger partial charge in [-0.2, -0.15) is 8.78 Å². The molecule has 2 aromatic heterocycles. The number of hydrogen-bond donors (Lipinski definition) is 1. The second kappa shape index (κ2) is 9.55. The summed E-state index contributed by atoms with van der Waals surface area (Å²) in [6.07, 6.45) is 3.78. The first-order chi connectivity index (χ1) is 17.2. The quantitative estimate of drug-likeness (QED) is 0.531. The Labute approximate surface area is 208 Å². The number of fused-ring (bicyclic) bond motifs is 3. The number of anilines is 2. The molecule has 0 radical (unpaired) electrons. The largest absolute Gasteiger partial charge is 0.377 e. The number of rotatable bonds is 5. The van der Waals surface area contributed by atoms with E-state index in [1.807, 2.05) is 25.3 Å². The molecule has 1 saturated heterocycles. The molecule has 0 spiro atoms. The van der Waals surface area contributed by atoms with Crippen LogP contribution in [-0.4, -0.2) is 48.8 Å². The lowest BCUT2D eigenvalue weighted by molar-refractivity contribution is 0.0127. The average Bonchev–Trinajstić information content (AvgIpc) is 2.88. The lowest BCUT2D eigenvalue weighted by Gasteiger charge is -2.43. The number of methoxy groups -OCH3 is 1. The van der Waals surface area contributed by atoms with Crippen molar-refractivity contribution in [1.29, 1.82) is 0 Å². The van der Waals surface area contributed by atoms with E-state index in [0.29, 0.717) is 18.9 Å². The van der Waals surface area contributed by atoms with Crippen LogP contribution >= 0.6 is 0 Å². The van der Waals surface area contributed by atoms with E-state index in [1.165, 1.54) is 12.3 Å². The number of aromatic nitrogens is 2. The summed E-state index contributed by atoms with van der Waals surface area (Å²) < 4.78 is 38.7. The molecule has 1 N–H and O–H groups in total. The Kier molecular flexibility index (Phi) is 6.44. The van der Waals surface area contributed by atoms with E-state index in [-0.39, 0.29) is 17.7 Å². The summed E-state index contributed by atoms with van der Waals surface area (Å²) in [7, 11) is 1.70. The van der Waals surface area contributed by atoms with Crippen LogP contribution in [0.3, 0.4) is 0 Å². The molecule has 1 fully saturated rings. The number of benzene rings is 1. The topological polar surface area (TPSA) is 76.6 Å². The van der Waals surface area contributed by atoms with Crippen molar-refractivity contribution in [2.24, 2.45) is 0 Å². The Morgan fingerprint density at radius 3 is 2.83 bits per heavy atom. The van der Waals surface area contributed by atoms with Gasteiger partial charge in [-0.05, 0) is 48.4 Å². The van der Waals surface area contributed by atoms with Crippen LogP contribution in [0.15, 0.2) is 48.8 Å². The van der Waals surface area contributed by atoms with Crippen molar-refractivity contribution in [2.45, 2.75) is 38.3 Å². The number of nitrogens with one attached hydrogen (secondary N) is 1. The van der Waals surface area contributed by atoms with Crippen LogP contribution in [-0.2, 0) is 15.4 Å². The number of pyridine rings is 2. The number of nitrogens with zero attached hydrogens (tertiary/aromatic N) is 3. The van der Waals surface area contributed by atoms with Crippen LogP contribution in [0.1, 0.15) is 46.8 Å². The summed E-state index contributed by atoms with van der Waals surface area (Å²) in [5, 5.41) is 2.82. The minimum absolute atomic E-state index is 0.0931. The molecular weight excluding hydrogens is 466 g/mol. The van der Waals surface area contributed by atoms with Crippen molar-refractivity contribution >= 4 is 17.3 Å². The molecule has 2 aliphatic rings. The SMILES string of the molecule is CO[C@@H]1C[C@@H]2COCCN2c2cc(-c3cc(NC(=O)c4ccnc(C(C)(F)F)c4)ccc3C)cnc21. The van der Waals surface area contributed by atoms with Crippen molar-refractivity contribution in [2.75, 3.05) is 37.1 Å². The fourth-order valence-electron chi connectivity index (χ4n) is 4.85. The lowest BCUT2D eigenvalue weighted by Crippen LogP contribution is -2.49. The van der Waals surface area contributed by atoms with E-state index in [9.17, 15) is 13.6 Å². The monoisotopic (exact) mass is 494 g/mol. The molecule has 0 saturated carbocycles. The molecule has 1 aromatic carbocycles. The van der Waals surface area contributed by atoms with Crippen LogP contribution in [0, 0.1) is 6.92 Å². The zero-order valence-corrected chi connectivity index (χ0v) is 20.4. The normalized spacial score (nSPS) is 19.4. The van der Waals surface area contributed by atoms with E-state index in [0.717, 1.165) is 54.0 Å². The molecule has 0 bridgehead atoms. The summed E-state index contributed by atoms with van der Waals surface area (Å²) in [4.78, 5) is 23.6. The maximum atomic E-state index is 13.7. The molecule has 7 nitrogen and oxygen atoms in total. The van der Waals surface area contributed by atoms with E-state index >= 15 is 0 Å². The molecule has 4 heterocycles.